The number of amides is 2. The van der Waals surface area contributed by atoms with Gasteiger partial charge in [-0.05, 0) is 37.6 Å². The number of carbonyl (C=O) groups excluding carboxylic acids is 1. The molecule has 0 aromatic rings. The third kappa shape index (κ3) is 6.66. The third-order valence-corrected chi connectivity index (χ3v) is 4.40. The Morgan fingerprint density at radius 1 is 1.33 bits per heavy atom. The van der Waals surface area contributed by atoms with Crippen LogP contribution in [-0.4, -0.2) is 54.4 Å². The van der Waals surface area contributed by atoms with Crippen molar-refractivity contribution in [1.82, 2.24) is 15.5 Å². The van der Waals surface area contributed by atoms with E-state index in [1.54, 1.807) is 6.92 Å². The van der Waals surface area contributed by atoms with Gasteiger partial charge in [-0.15, -0.1) is 0 Å². The Morgan fingerprint density at radius 2 is 2.00 bits per heavy atom. The molecule has 0 aliphatic carbocycles. The Kier molecular flexibility index (Phi) is 6.94. The van der Waals surface area contributed by atoms with Gasteiger partial charge in [0.1, 0.15) is 0 Å². The molecule has 5 nitrogen and oxygen atoms in total. The molecule has 1 rings (SSSR count). The second kappa shape index (κ2) is 7.99. The van der Waals surface area contributed by atoms with Crippen LogP contribution in [0.3, 0.4) is 0 Å². The summed E-state index contributed by atoms with van der Waals surface area (Å²) in [5, 5.41) is 15.8. The fraction of sp³-hybridized carbons (Fsp3) is 0.938. The molecule has 1 saturated heterocycles. The van der Waals surface area contributed by atoms with Crippen molar-refractivity contribution >= 4 is 6.03 Å². The SMILES string of the molecule is CC(C)CN1CCC(CNC(=O)NCC(C)(O)C(C)C)C1. The largest absolute Gasteiger partial charge is 0.388 e. The van der Waals surface area contributed by atoms with Gasteiger partial charge in [-0.1, -0.05) is 27.7 Å². The van der Waals surface area contributed by atoms with Gasteiger partial charge < -0.3 is 20.6 Å². The minimum atomic E-state index is -0.862. The molecule has 21 heavy (non-hydrogen) atoms. The minimum absolute atomic E-state index is 0.109. The number of nitrogens with zero attached hydrogens (tertiary/aromatic N) is 1. The van der Waals surface area contributed by atoms with Crippen molar-refractivity contribution in [2.24, 2.45) is 17.8 Å². The predicted molar refractivity (Wildman–Crippen MR) is 86.2 cm³/mol. The zero-order valence-electron chi connectivity index (χ0n) is 14.3. The van der Waals surface area contributed by atoms with E-state index in [0.717, 1.165) is 26.1 Å². The molecule has 0 aromatic heterocycles. The van der Waals surface area contributed by atoms with Crippen molar-refractivity contribution in [3.8, 4) is 0 Å². The van der Waals surface area contributed by atoms with E-state index in [1.165, 1.54) is 0 Å². The van der Waals surface area contributed by atoms with Gasteiger partial charge in [0.05, 0.1) is 5.60 Å². The number of urea groups is 1. The molecule has 0 spiro atoms. The quantitative estimate of drug-likeness (QED) is 0.670. The molecule has 124 valence electrons. The molecule has 2 atom stereocenters. The summed E-state index contributed by atoms with van der Waals surface area (Å²) in [6.45, 7) is 14.4. The summed E-state index contributed by atoms with van der Waals surface area (Å²) >= 11 is 0. The van der Waals surface area contributed by atoms with Crippen molar-refractivity contribution in [3.63, 3.8) is 0 Å². The molecular weight excluding hydrogens is 266 g/mol. The molecule has 1 fully saturated rings. The van der Waals surface area contributed by atoms with Crippen molar-refractivity contribution in [2.75, 3.05) is 32.7 Å². The molecule has 2 amide bonds. The average molecular weight is 299 g/mol. The standard InChI is InChI=1S/C16H33N3O2/c1-12(2)9-19-7-6-14(10-19)8-17-15(20)18-11-16(5,21)13(3)4/h12-14,21H,6-11H2,1-5H3,(H2,17,18,20). The molecule has 1 aliphatic heterocycles. The lowest BCUT2D eigenvalue weighted by Gasteiger charge is -2.27. The van der Waals surface area contributed by atoms with E-state index in [2.05, 4.69) is 29.4 Å². The first kappa shape index (κ1) is 18.2. The zero-order chi connectivity index (χ0) is 16.0. The Labute approximate surface area is 129 Å². The summed E-state index contributed by atoms with van der Waals surface area (Å²) in [6.07, 6.45) is 1.15. The number of hydrogen-bond donors (Lipinski definition) is 3. The predicted octanol–water partition coefficient (Wildman–Crippen LogP) is 1.67. The first-order valence-corrected chi connectivity index (χ1v) is 8.17. The summed E-state index contributed by atoms with van der Waals surface area (Å²) in [6, 6.07) is -0.182. The van der Waals surface area contributed by atoms with Gasteiger partial charge in [-0.3, -0.25) is 0 Å². The normalized spacial score (nSPS) is 22.6. The molecular formula is C16H33N3O2. The van der Waals surface area contributed by atoms with Gasteiger partial charge in [0, 0.05) is 26.2 Å². The van der Waals surface area contributed by atoms with E-state index in [4.69, 9.17) is 0 Å². The van der Waals surface area contributed by atoms with E-state index in [1.807, 2.05) is 13.8 Å². The van der Waals surface area contributed by atoms with Crippen LogP contribution in [-0.2, 0) is 0 Å². The van der Waals surface area contributed by atoms with Gasteiger partial charge in [0.2, 0.25) is 0 Å². The first-order chi connectivity index (χ1) is 9.70. The molecule has 3 N–H and O–H groups in total. The minimum Gasteiger partial charge on any atom is -0.388 e. The monoisotopic (exact) mass is 299 g/mol. The van der Waals surface area contributed by atoms with Gasteiger partial charge in [0.25, 0.3) is 0 Å². The summed E-state index contributed by atoms with van der Waals surface area (Å²) < 4.78 is 0. The number of rotatable bonds is 7. The Morgan fingerprint density at radius 3 is 2.57 bits per heavy atom. The van der Waals surface area contributed by atoms with Gasteiger partial charge in [-0.2, -0.15) is 0 Å². The smallest absolute Gasteiger partial charge is 0.314 e. The molecule has 0 bridgehead atoms. The highest BCUT2D eigenvalue weighted by molar-refractivity contribution is 5.73. The number of nitrogens with one attached hydrogen (secondary N) is 2. The average Bonchev–Trinajstić information content (AvgIpc) is 2.80. The number of hydrogen-bond acceptors (Lipinski definition) is 3. The zero-order valence-corrected chi connectivity index (χ0v) is 14.3. The van der Waals surface area contributed by atoms with Crippen LogP contribution >= 0.6 is 0 Å². The van der Waals surface area contributed by atoms with Crippen molar-refractivity contribution in [1.29, 1.82) is 0 Å². The highest BCUT2D eigenvalue weighted by Gasteiger charge is 2.26. The van der Waals surface area contributed by atoms with Crippen LogP contribution in [0.2, 0.25) is 0 Å². The van der Waals surface area contributed by atoms with Gasteiger partial charge >= 0.3 is 6.03 Å². The van der Waals surface area contributed by atoms with E-state index in [-0.39, 0.29) is 18.5 Å². The fourth-order valence-electron chi connectivity index (χ4n) is 2.52. The second-order valence-electron chi connectivity index (χ2n) is 7.38. The van der Waals surface area contributed by atoms with Gasteiger partial charge in [-0.25, -0.2) is 4.79 Å². The first-order valence-electron chi connectivity index (χ1n) is 8.17. The maximum absolute atomic E-state index is 11.8. The lowest BCUT2D eigenvalue weighted by atomic mass is 9.93. The molecule has 1 heterocycles. The maximum Gasteiger partial charge on any atom is 0.314 e. The topological polar surface area (TPSA) is 64.6 Å². The van der Waals surface area contributed by atoms with Crippen LogP contribution in [0.5, 0.6) is 0 Å². The molecule has 2 unspecified atom stereocenters. The van der Waals surface area contributed by atoms with Crippen LogP contribution in [0.1, 0.15) is 41.0 Å². The highest BCUT2D eigenvalue weighted by atomic mass is 16.3. The van der Waals surface area contributed by atoms with E-state index in [9.17, 15) is 9.90 Å². The van der Waals surface area contributed by atoms with E-state index in [0.29, 0.717) is 18.4 Å². The van der Waals surface area contributed by atoms with Crippen molar-refractivity contribution in [2.45, 2.75) is 46.6 Å². The molecule has 0 saturated carbocycles. The Balaban J connectivity index is 2.20. The van der Waals surface area contributed by atoms with E-state index >= 15 is 0 Å². The van der Waals surface area contributed by atoms with Crippen LogP contribution in [0.25, 0.3) is 0 Å². The van der Waals surface area contributed by atoms with E-state index < -0.39 is 5.60 Å². The molecule has 0 aromatic carbocycles. The van der Waals surface area contributed by atoms with Crippen LogP contribution < -0.4 is 10.6 Å². The summed E-state index contributed by atoms with van der Waals surface area (Å²) in [4.78, 5) is 14.3. The number of aliphatic hydroxyl groups is 1. The Bertz CT molecular complexity index is 329. The molecule has 1 aliphatic rings. The van der Waals surface area contributed by atoms with Crippen LogP contribution in [0.15, 0.2) is 0 Å². The maximum atomic E-state index is 11.8. The molecule has 5 heteroatoms. The van der Waals surface area contributed by atoms with Gasteiger partial charge in [0.15, 0.2) is 0 Å². The number of likely N-dealkylation sites (tertiary alicyclic amines) is 1. The number of carbonyl (C=O) groups is 1. The summed E-state index contributed by atoms with van der Waals surface area (Å²) in [5.41, 5.74) is -0.862. The third-order valence-electron chi connectivity index (χ3n) is 4.40. The fourth-order valence-corrected chi connectivity index (χ4v) is 2.52. The second-order valence-corrected chi connectivity index (χ2v) is 7.38. The van der Waals surface area contributed by atoms with Crippen LogP contribution in [0.4, 0.5) is 4.79 Å². The lowest BCUT2D eigenvalue weighted by Crippen LogP contribution is -2.48. The summed E-state index contributed by atoms with van der Waals surface area (Å²) in [5.74, 6) is 1.34. The summed E-state index contributed by atoms with van der Waals surface area (Å²) in [7, 11) is 0. The Hall–Kier alpha value is -0.810. The lowest BCUT2D eigenvalue weighted by molar-refractivity contribution is 0.0166. The highest BCUT2D eigenvalue weighted by Crippen LogP contribution is 2.17. The van der Waals surface area contributed by atoms with Crippen molar-refractivity contribution < 1.29 is 9.90 Å². The van der Waals surface area contributed by atoms with Crippen LogP contribution in [0, 0.1) is 17.8 Å². The van der Waals surface area contributed by atoms with Crippen molar-refractivity contribution in [3.05, 3.63) is 0 Å². The molecule has 0 radical (unpaired) electrons.